The third kappa shape index (κ3) is 4.49. The van der Waals surface area contributed by atoms with Crippen LogP contribution in [0.4, 0.5) is 0 Å². The first kappa shape index (κ1) is 30.3. The van der Waals surface area contributed by atoms with Crippen molar-refractivity contribution in [3.05, 3.63) is 176 Å². The maximum absolute atomic E-state index is 5.42. The molecule has 4 aromatic heterocycles. The van der Waals surface area contributed by atoms with Crippen LogP contribution in [0.25, 0.3) is 109 Å². The van der Waals surface area contributed by atoms with E-state index in [9.17, 15) is 0 Å². The number of nitrogens with zero attached hydrogens (tertiary/aromatic N) is 5. The van der Waals surface area contributed by atoms with Gasteiger partial charge in [0.15, 0.2) is 11.6 Å². The summed E-state index contributed by atoms with van der Waals surface area (Å²) in [6.45, 7) is 0. The van der Waals surface area contributed by atoms with Gasteiger partial charge in [-0.05, 0) is 59.3 Å². The molecule has 0 unspecified atom stereocenters. The van der Waals surface area contributed by atoms with E-state index < -0.39 is 0 Å². The van der Waals surface area contributed by atoms with Gasteiger partial charge < -0.3 is 4.57 Å². The second kappa shape index (κ2) is 11.7. The third-order valence-electron chi connectivity index (χ3n) is 11.0. The zero-order chi connectivity index (χ0) is 36.0. The highest BCUT2D eigenvalue weighted by Gasteiger charge is 2.22. The lowest BCUT2D eigenvalue weighted by Gasteiger charge is -2.13. The Morgan fingerprint density at radius 1 is 0.364 bits per heavy atom. The summed E-state index contributed by atoms with van der Waals surface area (Å²) in [7, 11) is 0. The molecule has 12 rings (SSSR count). The molecular weight excluding hydrogens is 691 g/mol. The molecule has 0 aliphatic heterocycles. The first-order valence-electron chi connectivity index (χ1n) is 18.5. The number of thiophene rings is 1. The fraction of sp³-hybridized carbons (Fsp3) is 0. The van der Waals surface area contributed by atoms with Crippen LogP contribution >= 0.6 is 11.3 Å². The van der Waals surface area contributed by atoms with Crippen LogP contribution in [0.1, 0.15) is 0 Å². The lowest BCUT2D eigenvalue weighted by molar-refractivity contribution is 0.954. The van der Waals surface area contributed by atoms with E-state index in [-0.39, 0.29) is 0 Å². The van der Waals surface area contributed by atoms with Crippen LogP contribution < -0.4 is 0 Å². The molecule has 0 saturated heterocycles. The van der Waals surface area contributed by atoms with Crippen molar-refractivity contribution >= 4 is 85.9 Å². The van der Waals surface area contributed by atoms with Gasteiger partial charge >= 0.3 is 0 Å². The van der Waals surface area contributed by atoms with E-state index in [1.54, 1.807) is 0 Å². The minimum Gasteiger partial charge on any atom is -0.309 e. The number of hydrogen-bond donors (Lipinski definition) is 0. The van der Waals surface area contributed by atoms with Crippen molar-refractivity contribution in [3.8, 4) is 34.4 Å². The maximum atomic E-state index is 5.42. The van der Waals surface area contributed by atoms with Crippen LogP contribution in [0.2, 0.25) is 0 Å². The van der Waals surface area contributed by atoms with Gasteiger partial charge in [-0.25, -0.2) is 4.98 Å². The molecule has 0 N–H and O–H groups in total. The molecule has 8 aromatic carbocycles. The highest BCUT2D eigenvalue weighted by Crippen LogP contribution is 2.43. The monoisotopic (exact) mass is 719 g/mol. The van der Waals surface area contributed by atoms with Crippen LogP contribution in [0.5, 0.6) is 0 Å². The third-order valence-corrected chi connectivity index (χ3v) is 12.1. The molecule has 12 aromatic rings. The number of rotatable bonds is 4. The largest absolute Gasteiger partial charge is 0.309 e. The Kier molecular flexibility index (Phi) is 6.44. The molecule has 6 heteroatoms. The van der Waals surface area contributed by atoms with E-state index in [1.165, 1.54) is 41.8 Å². The smallest absolute Gasteiger partial charge is 0.238 e. The summed E-state index contributed by atoms with van der Waals surface area (Å²) in [5, 5.41) is 9.59. The summed E-state index contributed by atoms with van der Waals surface area (Å²) in [5.41, 5.74) is 7.42. The summed E-state index contributed by atoms with van der Waals surface area (Å²) >= 11 is 1.82. The van der Waals surface area contributed by atoms with Crippen molar-refractivity contribution in [2.75, 3.05) is 0 Å². The number of para-hydroxylation sites is 3. The Bertz CT molecular complexity index is 3490. The Balaban J connectivity index is 1.20. The number of hydrogen-bond acceptors (Lipinski definition) is 4. The highest BCUT2D eigenvalue weighted by atomic mass is 32.1. The molecule has 4 heterocycles. The first-order valence-corrected chi connectivity index (χ1v) is 19.3. The van der Waals surface area contributed by atoms with Crippen molar-refractivity contribution in [2.24, 2.45) is 0 Å². The molecule has 5 nitrogen and oxygen atoms in total. The topological polar surface area (TPSA) is 48.5 Å². The van der Waals surface area contributed by atoms with E-state index in [0.29, 0.717) is 17.6 Å². The molecule has 0 aliphatic rings. The van der Waals surface area contributed by atoms with Gasteiger partial charge in [0.2, 0.25) is 5.95 Å². The minimum absolute atomic E-state index is 0.581. The van der Waals surface area contributed by atoms with Gasteiger partial charge in [0.1, 0.15) is 0 Å². The minimum atomic E-state index is 0.581. The number of aromatic nitrogens is 5. The van der Waals surface area contributed by atoms with Crippen LogP contribution in [0.15, 0.2) is 176 Å². The van der Waals surface area contributed by atoms with Crippen molar-refractivity contribution in [1.29, 1.82) is 0 Å². The van der Waals surface area contributed by atoms with E-state index >= 15 is 0 Å². The Hall–Kier alpha value is -7.15. The average molecular weight is 720 g/mol. The van der Waals surface area contributed by atoms with Crippen molar-refractivity contribution < 1.29 is 0 Å². The summed E-state index contributed by atoms with van der Waals surface area (Å²) in [5.74, 6) is 1.86. The molecule has 0 bridgehead atoms. The molecule has 0 saturated carbocycles. The lowest BCUT2D eigenvalue weighted by Crippen LogP contribution is -2.06. The second-order valence-electron chi connectivity index (χ2n) is 14.0. The van der Waals surface area contributed by atoms with Gasteiger partial charge in [-0.15, -0.1) is 11.3 Å². The van der Waals surface area contributed by atoms with Gasteiger partial charge in [-0.2, -0.15) is 9.97 Å². The van der Waals surface area contributed by atoms with E-state index in [2.05, 4.69) is 167 Å². The molecule has 0 aliphatic carbocycles. The van der Waals surface area contributed by atoms with E-state index in [0.717, 1.165) is 49.5 Å². The van der Waals surface area contributed by atoms with Gasteiger partial charge in [0.25, 0.3) is 0 Å². The lowest BCUT2D eigenvalue weighted by atomic mass is 9.99. The predicted molar refractivity (Wildman–Crippen MR) is 230 cm³/mol. The van der Waals surface area contributed by atoms with Crippen molar-refractivity contribution in [3.63, 3.8) is 0 Å². The zero-order valence-electron chi connectivity index (χ0n) is 29.4. The molecule has 55 heavy (non-hydrogen) atoms. The fourth-order valence-electron chi connectivity index (χ4n) is 8.58. The average Bonchev–Trinajstić information content (AvgIpc) is 3.90. The van der Waals surface area contributed by atoms with Gasteiger partial charge in [0, 0.05) is 58.5 Å². The molecule has 256 valence electrons. The molecule has 0 radical (unpaired) electrons. The Morgan fingerprint density at radius 2 is 0.927 bits per heavy atom. The molecule has 0 atom stereocenters. The quantitative estimate of drug-likeness (QED) is 0.182. The SMILES string of the molecule is c1ccc(-c2nc(-c3cc4sc5ccccc5c4c4ccccc34)nc(-n3c4ccccc4c4cc5c6ccccc6n(-c6ccccc6)c5cc43)n2)cc1. The zero-order valence-corrected chi connectivity index (χ0v) is 30.2. The normalized spacial score (nSPS) is 12.0. The molecule has 0 amide bonds. The van der Waals surface area contributed by atoms with Gasteiger partial charge in [0.05, 0.1) is 22.1 Å². The fourth-order valence-corrected chi connectivity index (χ4v) is 9.74. The molecular formula is C49H29N5S. The standard InChI is InChI=1S/C49H29N5S/c1-3-15-30(16-4-1)47-50-48(39-28-45-46(35-22-8-7-19-32(35)39)36-23-11-14-26-44(36)55-45)52-49(51-47)54-41-25-13-10-21-34(41)38-27-37-33-20-9-12-24-40(33)53(42(37)29-43(38)54)31-17-5-2-6-18-31/h1-29H. The van der Waals surface area contributed by atoms with Crippen LogP contribution in [-0.4, -0.2) is 24.1 Å². The summed E-state index contributed by atoms with van der Waals surface area (Å²) in [6.07, 6.45) is 0. The van der Waals surface area contributed by atoms with Gasteiger partial charge in [-0.3, -0.25) is 4.57 Å². The summed E-state index contributed by atoms with van der Waals surface area (Å²) in [4.78, 5) is 16.0. The first-order chi connectivity index (χ1) is 27.3. The highest BCUT2D eigenvalue weighted by molar-refractivity contribution is 7.26. The van der Waals surface area contributed by atoms with Crippen LogP contribution in [-0.2, 0) is 0 Å². The Labute approximate surface area is 319 Å². The maximum Gasteiger partial charge on any atom is 0.238 e. The van der Waals surface area contributed by atoms with E-state index in [4.69, 9.17) is 15.0 Å². The van der Waals surface area contributed by atoms with Gasteiger partial charge in [-0.1, -0.05) is 127 Å². The molecule has 0 spiro atoms. The van der Waals surface area contributed by atoms with Crippen molar-refractivity contribution in [1.82, 2.24) is 24.1 Å². The summed E-state index contributed by atoms with van der Waals surface area (Å²) < 4.78 is 7.08. The van der Waals surface area contributed by atoms with Crippen molar-refractivity contribution in [2.45, 2.75) is 0 Å². The van der Waals surface area contributed by atoms with E-state index in [1.807, 2.05) is 29.5 Å². The van der Waals surface area contributed by atoms with Crippen LogP contribution in [0, 0.1) is 0 Å². The second-order valence-corrected chi connectivity index (χ2v) is 15.1. The van der Waals surface area contributed by atoms with Crippen LogP contribution in [0.3, 0.4) is 0 Å². The molecule has 0 fully saturated rings. The number of fused-ring (bicyclic) bond motifs is 11. The summed E-state index contributed by atoms with van der Waals surface area (Å²) in [6, 6.07) is 62.4. The number of benzene rings is 8. The Morgan fingerprint density at radius 3 is 1.67 bits per heavy atom. The predicted octanol–water partition coefficient (Wildman–Crippen LogP) is 12.9.